The summed E-state index contributed by atoms with van der Waals surface area (Å²) < 4.78 is 34.7. The third kappa shape index (κ3) is 6.63. The number of likely N-dealkylation sites (N-methyl/N-ethyl adjacent to an activating group) is 1. The van der Waals surface area contributed by atoms with Crippen LogP contribution in [0.1, 0.15) is 43.1 Å². The van der Waals surface area contributed by atoms with Gasteiger partial charge in [-0.1, -0.05) is 0 Å². The van der Waals surface area contributed by atoms with Crippen molar-refractivity contribution in [3.05, 3.63) is 30.0 Å². The monoisotopic (exact) mass is 569 g/mol. The van der Waals surface area contributed by atoms with Gasteiger partial charge in [0.05, 0.1) is 18.7 Å². The third-order valence-electron chi connectivity index (χ3n) is 7.97. The topological polar surface area (TPSA) is 95.9 Å². The summed E-state index contributed by atoms with van der Waals surface area (Å²) in [7, 11) is 5.07. The zero-order valence-electron chi connectivity index (χ0n) is 22.8. The van der Waals surface area contributed by atoms with Crippen LogP contribution < -0.4 is 15.4 Å². The Bertz CT molecular complexity index is 1190. The number of aromatic nitrogens is 1. The summed E-state index contributed by atoms with van der Waals surface area (Å²) in [6.07, 6.45) is -0.250. The van der Waals surface area contributed by atoms with Crippen molar-refractivity contribution in [3.8, 4) is 5.75 Å². The van der Waals surface area contributed by atoms with Gasteiger partial charge in [-0.2, -0.15) is 0 Å². The molecule has 1 aromatic heterocycles. The summed E-state index contributed by atoms with van der Waals surface area (Å²) in [6.45, 7) is 2.97. The van der Waals surface area contributed by atoms with Gasteiger partial charge in [-0.3, -0.25) is 14.4 Å². The van der Waals surface area contributed by atoms with Gasteiger partial charge in [0.25, 0.3) is 5.91 Å². The lowest BCUT2D eigenvalue weighted by molar-refractivity contribution is -0.141. The Labute approximate surface area is 233 Å². The standard InChI is InChI=1S/C27H37F2N5O4.ClH/c1-17(30-2)24(35)31-23(18-7-9-27(28,29)10-8-18)26(37)34-13-11-33(12-14-34)25(36)22-15-19-5-6-20(38-4)16-21(19)32(22)3;/h5-6,15-18,23,30H,7-14H2,1-4H3,(H,31,35);1H. The number of benzene rings is 1. The van der Waals surface area contributed by atoms with Crippen molar-refractivity contribution >= 4 is 41.0 Å². The third-order valence-corrected chi connectivity index (χ3v) is 7.97. The summed E-state index contributed by atoms with van der Waals surface area (Å²) >= 11 is 0. The highest BCUT2D eigenvalue weighted by atomic mass is 35.5. The molecule has 12 heteroatoms. The van der Waals surface area contributed by atoms with E-state index in [4.69, 9.17) is 4.74 Å². The molecule has 1 saturated heterocycles. The van der Waals surface area contributed by atoms with E-state index in [1.54, 1.807) is 30.9 Å². The van der Waals surface area contributed by atoms with E-state index < -0.39 is 18.0 Å². The summed E-state index contributed by atoms with van der Waals surface area (Å²) in [5.41, 5.74) is 1.43. The minimum Gasteiger partial charge on any atom is -0.497 e. The van der Waals surface area contributed by atoms with Gasteiger partial charge in [0.15, 0.2) is 0 Å². The molecule has 2 atom stereocenters. The largest absolute Gasteiger partial charge is 0.497 e. The van der Waals surface area contributed by atoms with Gasteiger partial charge >= 0.3 is 0 Å². The van der Waals surface area contributed by atoms with Crippen LogP contribution in [-0.2, 0) is 16.6 Å². The maximum absolute atomic E-state index is 13.8. The summed E-state index contributed by atoms with van der Waals surface area (Å²) in [5, 5.41) is 6.60. The van der Waals surface area contributed by atoms with Gasteiger partial charge in [0, 0.05) is 57.5 Å². The Hall–Kier alpha value is -2.92. The van der Waals surface area contributed by atoms with E-state index in [2.05, 4.69) is 10.6 Å². The van der Waals surface area contributed by atoms with E-state index in [1.807, 2.05) is 35.9 Å². The molecule has 1 aliphatic heterocycles. The first-order chi connectivity index (χ1) is 18.0. The molecule has 2 aliphatic rings. The van der Waals surface area contributed by atoms with Gasteiger partial charge in [-0.15, -0.1) is 12.4 Å². The minimum atomic E-state index is -2.73. The Morgan fingerprint density at radius 1 is 1.05 bits per heavy atom. The van der Waals surface area contributed by atoms with Crippen molar-refractivity contribution in [2.75, 3.05) is 40.3 Å². The number of amides is 3. The number of hydrogen-bond acceptors (Lipinski definition) is 5. The van der Waals surface area contributed by atoms with Crippen molar-refractivity contribution in [2.24, 2.45) is 13.0 Å². The predicted molar refractivity (Wildman–Crippen MR) is 147 cm³/mol. The van der Waals surface area contributed by atoms with Crippen LogP contribution in [0.15, 0.2) is 24.3 Å². The van der Waals surface area contributed by atoms with E-state index in [-0.39, 0.29) is 61.7 Å². The molecular formula is C27H38ClF2N5O4. The molecule has 2 aromatic rings. The molecule has 0 bridgehead atoms. The summed E-state index contributed by atoms with van der Waals surface area (Å²) in [4.78, 5) is 42.9. The van der Waals surface area contributed by atoms with Crippen molar-refractivity contribution < 1.29 is 27.9 Å². The highest BCUT2D eigenvalue weighted by Crippen LogP contribution is 2.38. The first kappa shape index (κ1) is 30.6. The lowest BCUT2D eigenvalue weighted by Crippen LogP contribution is -2.59. The second kappa shape index (κ2) is 12.5. The van der Waals surface area contributed by atoms with Gasteiger partial charge in [0.2, 0.25) is 17.7 Å². The number of fused-ring (bicyclic) bond motifs is 1. The van der Waals surface area contributed by atoms with Crippen LogP contribution in [0.2, 0.25) is 0 Å². The van der Waals surface area contributed by atoms with Crippen LogP contribution in [0, 0.1) is 5.92 Å². The molecule has 2 fully saturated rings. The molecule has 3 amide bonds. The number of ether oxygens (including phenoxy) is 1. The lowest BCUT2D eigenvalue weighted by Gasteiger charge is -2.39. The quantitative estimate of drug-likeness (QED) is 0.535. The average Bonchev–Trinajstić information content (AvgIpc) is 3.26. The molecule has 9 nitrogen and oxygen atoms in total. The van der Waals surface area contributed by atoms with Crippen molar-refractivity contribution in [1.82, 2.24) is 25.0 Å². The Balaban J connectivity index is 0.00000420. The first-order valence-corrected chi connectivity index (χ1v) is 13.1. The normalized spacial score (nSPS) is 19.2. The number of aryl methyl sites for hydroxylation is 1. The van der Waals surface area contributed by atoms with Crippen LogP contribution in [0.4, 0.5) is 8.78 Å². The van der Waals surface area contributed by atoms with Crippen molar-refractivity contribution in [2.45, 2.75) is 50.6 Å². The van der Waals surface area contributed by atoms with Crippen molar-refractivity contribution in [3.63, 3.8) is 0 Å². The van der Waals surface area contributed by atoms with Crippen molar-refractivity contribution in [1.29, 1.82) is 0 Å². The van der Waals surface area contributed by atoms with E-state index >= 15 is 0 Å². The summed E-state index contributed by atoms with van der Waals surface area (Å²) in [5.74, 6) is -3.13. The number of halogens is 3. The fourth-order valence-corrected chi connectivity index (χ4v) is 5.32. The first-order valence-electron chi connectivity index (χ1n) is 13.1. The van der Waals surface area contributed by atoms with E-state index in [0.717, 1.165) is 10.9 Å². The van der Waals surface area contributed by atoms with Gasteiger partial charge in [-0.25, -0.2) is 8.78 Å². The fourth-order valence-electron chi connectivity index (χ4n) is 5.32. The average molecular weight is 570 g/mol. The number of rotatable bonds is 7. The van der Waals surface area contributed by atoms with E-state index in [1.165, 1.54) is 0 Å². The highest BCUT2D eigenvalue weighted by molar-refractivity contribution is 5.99. The Morgan fingerprint density at radius 3 is 2.26 bits per heavy atom. The smallest absolute Gasteiger partial charge is 0.270 e. The maximum atomic E-state index is 13.8. The fraction of sp³-hybridized carbons (Fsp3) is 0.593. The zero-order valence-corrected chi connectivity index (χ0v) is 23.7. The molecule has 39 heavy (non-hydrogen) atoms. The molecule has 1 aliphatic carbocycles. The molecule has 0 radical (unpaired) electrons. The van der Waals surface area contributed by atoms with Gasteiger partial charge in [0.1, 0.15) is 17.5 Å². The molecule has 216 valence electrons. The minimum absolute atomic E-state index is 0. The van der Waals surface area contributed by atoms with Gasteiger partial charge < -0.3 is 29.7 Å². The number of carbonyl (C=O) groups excluding carboxylic acids is 3. The molecule has 1 saturated carbocycles. The SMILES string of the molecule is CNC(C)C(=O)NC(C(=O)N1CCN(C(=O)c2cc3ccc(OC)cc3n2C)CC1)C1CCC(F)(F)CC1.Cl. The molecular weight excluding hydrogens is 532 g/mol. The Morgan fingerprint density at radius 2 is 1.67 bits per heavy atom. The molecule has 4 rings (SSSR count). The molecule has 0 spiro atoms. The number of nitrogens with one attached hydrogen (secondary N) is 2. The van der Waals surface area contributed by atoms with Crippen LogP contribution in [0.5, 0.6) is 5.75 Å². The van der Waals surface area contributed by atoms with E-state index in [9.17, 15) is 23.2 Å². The lowest BCUT2D eigenvalue weighted by atomic mass is 9.81. The number of nitrogens with zero attached hydrogens (tertiary/aromatic N) is 3. The van der Waals surface area contributed by atoms with Crippen LogP contribution in [0.25, 0.3) is 10.9 Å². The van der Waals surface area contributed by atoms with Crippen LogP contribution in [-0.4, -0.2) is 90.4 Å². The number of alkyl halides is 2. The number of methoxy groups -OCH3 is 1. The highest BCUT2D eigenvalue weighted by Gasteiger charge is 2.42. The van der Waals surface area contributed by atoms with Gasteiger partial charge in [-0.05, 0) is 50.9 Å². The zero-order chi connectivity index (χ0) is 27.6. The Kier molecular flexibility index (Phi) is 9.82. The maximum Gasteiger partial charge on any atom is 0.270 e. The molecule has 2 unspecified atom stereocenters. The predicted octanol–water partition coefficient (Wildman–Crippen LogP) is 2.81. The molecule has 2 N–H and O–H groups in total. The van der Waals surface area contributed by atoms with Crippen LogP contribution in [0.3, 0.4) is 0 Å². The summed E-state index contributed by atoms with van der Waals surface area (Å²) in [6, 6.07) is 6.10. The van der Waals surface area contributed by atoms with Crippen LogP contribution >= 0.6 is 12.4 Å². The second-order valence-corrected chi connectivity index (χ2v) is 10.3. The second-order valence-electron chi connectivity index (χ2n) is 10.3. The van der Waals surface area contributed by atoms with E-state index in [0.29, 0.717) is 37.6 Å². The number of hydrogen-bond donors (Lipinski definition) is 2. The number of carbonyl (C=O) groups is 3. The number of piperazine rings is 1. The molecule has 2 heterocycles. The molecule has 1 aromatic carbocycles.